The summed E-state index contributed by atoms with van der Waals surface area (Å²) in [5, 5.41) is 114. The molecular weight excluding hydrogens is 1060 g/mol. The summed E-state index contributed by atoms with van der Waals surface area (Å²) in [7, 11) is 1.32. The smallest absolute Gasteiger partial charge is 0.407 e. The van der Waals surface area contributed by atoms with E-state index in [2.05, 4.69) is 5.32 Å². The van der Waals surface area contributed by atoms with Gasteiger partial charge in [-0.25, -0.2) is 4.79 Å². The van der Waals surface area contributed by atoms with Crippen LogP contribution in [0, 0.1) is 17.8 Å². The van der Waals surface area contributed by atoms with Crippen molar-refractivity contribution in [1.82, 2.24) is 5.32 Å². The average molecular weight is 1150 g/mol. The van der Waals surface area contributed by atoms with Gasteiger partial charge in [-0.15, -0.1) is 0 Å². The van der Waals surface area contributed by atoms with Crippen molar-refractivity contribution in [2.75, 3.05) is 20.3 Å². The number of amides is 1. The summed E-state index contributed by atoms with van der Waals surface area (Å²) in [6.45, 7) is 6.26. The number of ether oxygens (including phenoxy) is 6. The van der Waals surface area contributed by atoms with Crippen LogP contribution < -0.4 is 5.32 Å². The van der Waals surface area contributed by atoms with Gasteiger partial charge >= 0.3 is 12.1 Å². The highest BCUT2D eigenvalue weighted by Gasteiger charge is 2.50. The number of rotatable bonds is 7. The predicted molar refractivity (Wildman–Crippen MR) is 305 cm³/mol. The Kier molecular flexibility index (Phi) is 25.9. The van der Waals surface area contributed by atoms with Gasteiger partial charge in [-0.05, 0) is 55.4 Å². The number of alkyl carbamates (subject to hydrolysis) is 1. The zero-order valence-corrected chi connectivity index (χ0v) is 47.5. The number of allylic oxidation sites excluding steroid dienone is 12. The highest BCUT2D eigenvalue weighted by Crippen LogP contribution is 2.45. The third-order valence-electron chi connectivity index (χ3n) is 16.0. The second kappa shape index (κ2) is 32.2. The van der Waals surface area contributed by atoms with Crippen LogP contribution in [0.15, 0.2) is 134 Å². The molecule has 11 N–H and O–H groups in total. The largest absolute Gasteiger partial charge is 0.462 e. The summed E-state index contributed by atoms with van der Waals surface area (Å²) in [6.07, 6.45) is 5.18. The van der Waals surface area contributed by atoms with Crippen LogP contribution in [0.4, 0.5) is 4.79 Å². The number of cyclic esters (lactones) is 1. The molecule has 0 radical (unpaired) electrons. The van der Waals surface area contributed by atoms with Gasteiger partial charge in [-0.2, -0.15) is 0 Å². The number of esters is 1. The molecule has 2 saturated heterocycles. The van der Waals surface area contributed by atoms with Crippen LogP contribution in [0.25, 0.3) is 11.1 Å². The molecule has 2 aromatic carbocycles. The van der Waals surface area contributed by atoms with E-state index in [0.717, 1.165) is 22.3 Å². The van der Waals surface area contributed by atoms with E-state index in [0.29, 0.717) is 0 Å². The van der Waals surface area contributed by atoms with E-state index in [1.54, 1.807) is 63.3 Å². The van der Waals surface area contributed by atoms with E-state index in [1.807, 2.05) is 98.0 Å². The summed E-state index contributed by atoms with van der Waals surface area (Å²) < 4.78 is 36.2. The van der Waals surface area contributed by atoms with Gasteiger partial charge in [0.05, 0.1) is 80.1 Å². The van der Waals surface area contributed by atoms with Gasteiger partial charge in [-0.1, -0.05) is 147 Å². The predicted octanol–water partition coefficient (Wildman–Crippen LogP) is 4.85. The third kappa shape index (κ3) is 18.6. The van der Waals surface area contributed by atoms with Crippen molar-refractivity contribution in [2.45, 2.75) is 182 Å². The second-order valence-electron chi connectivity index (χ2n) is 22.1. The minimum atomic E-state index is -1.69. The molecule has 1 amide bonds. The number of hydrogen-bond acceptors (Lipinski definition) is 18. The minimum Gasteiger partial charge on any atom is -0.462 e. The molecule has 3 aliphatic heterocycles. The van der Waals surface area contributed by atoms with Crippen LogP contribution in [0.5, 0.6) is 0 Å². The van der Waals surface area contributed by atoms with Gasteiger partial charge in [0, 0.05) is 56.5 Å². The van der Waals surface area contributed by atoms with Crippen molar-refractivity contribution in [3.05, 3.63) is 145 Å². The zero-order valence-electron chi connectivity index (χ0n) is 47.5. The number of aliphatic hydroxyl groups excluding tert-OH is 10. The fourth-order valence-corrected chi connectivity index (χ4v) is 11.1. The second-order valence-corrected chi connectivity index (χ2v) is 22.1. The van der Waals surface area contributed by atoms with E-state index in [9.17, 15) is 60.7 Å². The van der Waals surface area contributed by atoms with E-state index < -0.39 is 134 Å². The van der Waals surface area contributed by atoms with Crippen molar-refractivity contribution in [1.29, 1.82) is 0 Å². The molecule has 2 bridgehead atoms. The minimum absolute atomic E-state index is 0.0166. The van der Waals surface area contributed by atoms with E-state index in [1.165, 1.54) is 7.11 Å². The van der Waals surface area contributed by atoms with E-state index in [-0.39, 0.29) is 63.4 Å². The monoisotopic (exact) mass is 1150 g/mol. The Hall–Kier alpha value is -5.20. The lowest BCUT2D eigenvalue weighted by Gasteiger charge is -2.48. The molecule has 0 aromatic heterocycles. The van der Waals surface area contributed by atoms with Crippen LogP contribution in [-0.4, -0.2) is 181 Å². The Morgan fingerprint density at radius 3 is 1.83 bits per heavy atom. The Labute approximate surface area is 481 Å². The Bertz CT molecular complexity index is 2480. The third-order valence-corrected chi connectivity index (χ3v) is 16.0. The fourth-order valence-electron chi connectivity index (χ4n) is 11.1. The Morgan fingerprint density at radius 2 is 1.23 bits per heavy atom. The molecule has 2 aromatic rings. The van der Waals surface area contributed by atoms with E-state index >= 15 is 0 Å². The molecule has 452 valence electrons. The molecule has 2 fully saturated rings. The van der Waals surface area contributed by atoms with Gasteiger partial charge in [0.2, 0.25) is 0 Å². The molecule has 19 nitrogen and oxygen atoms in total. The normalized spacial score (nSPS) is 39.0. The first-order valence-corrected chi connectivity index (χ1v) is 28.5. The number of methoxy groups -OCH3 is 1. The van der Waals surface area contributed by atoms with Crippen LogP contribution >= 0.6 is 0 Å². The first-order chi connectivity index (χ1) is 39.2. The summed E-state index contributed by atoms with van der Waals surface area (Å²) in [5.41, 5.74) is 4.10. The molecule has 0 spiro atoms. The molecular formula is C63H87NO18. The Morgan fingerprint density at radius 1 is 0.646 bits per heavy atom. The summed E-state index contributed by atoms with van der Waals surface area (Å²) >= 11 is 0. The van der Waals surface area contributed by atoms with Gasteiger partial charge in [-0.3, -0.25) is 4.79 Å². The highest BCUT2D eigenvalue weighted by molar-refractivity contribution is 5.79. The molecule has 19 heteroatoms. The number of carbonyl (C=O) groups excluding carboxylic acids is 2. The maximum absolute atomic E-state index is 13.5. The summed E-state index contributed by atoms with van der Waals surface area (Å²) in [6, 6.07) is 14.4. The SMILES string of the molecule is CO[C@]12C[C@@H](O)C[C@@H](O)[C@H](O)CC[C@@H](O)C[C@@H](O)CC(=O)O[C@@H](C)[C@H](C)[C@H](O)[C@@H](C)/C=C/C=C/C=C/C=C/C=C/C=C/C=C/[C@H](O[C@@H]3O[C@H](C)[C@@H](O)[C@H](NC(=O)OCC4c5ccccc5-c5ccccc54)[C@@H]3O)C[C@H](O1)[C@H](CO)[C@@H](O)C2. The average Bonchev–Trinajstić information content (AvgIpc) is 3.88. The topological polar surface area (TPSA) is 304 Å². The lowest BCUT2D eigenvalue weighted by atomic mass is 9.83. The van der Waals surface area contributed by atoms with Crippen LogP contribution in [0.1, 0.15) is 96.1 Å². The standard InChI is InChI=1S/C63H87NO18/c1-38-22-16-14-12-10-8-6-7-9-11-13-15-17-23-45(81-61-60(75)57(59(74)41(4)80-61)64-62(76)78-37-51-48-26-20-18-24-46(48)47-25-19-21-27-49(47)51)33-55-50(36-65)54(71)35-63(77-5,82-55)34-44(68)31-53(70)52(69)29-28-42(66)30-43(67)32-56(72)79-40(3)39(2)58(38)73/h6-27,38-45,50-55,57-61,65-71,73-75H,28-37H2,1-5H3,(H,64,76)/b7-6+,10-8+,11-9+,14-12+,15-13+,22-16+,23-17+/t38-,39-,40-,41+,42+,43+,44-,45-,50+,52+,53+,54-,55-,57-,58+,59+,60-,61-,63+/m0/s1. The Balaban J connectivity index is 1.19. The number of benzene rings is 2. The first kappa shape index (κ1) is 65.9. The van der Waals surface area contributed by atoms with Gasteiger partial charge in [0.15, 0.2) is 12.1 Å². The maximum atomic E-state index is 13.5. The molecule has 1 aliphatic carbocycles. The molecule has 3 heterocycles. The maximum Gasteiger partial charge on any atom is 0.407 e. The highest BCUT2D eigenvalue weighted by atomic mass is 16.7. The van der Waals surface area contributed by atoms with Gasteiger partial charge < -0.3 is 84.8 Å². The van der Waals surface area contributed by atoms with Crippen molar-refractivity contribution in [3.8, 4) is 11.1 Å². The molecule has 0 saturated carbocycles. The van der Waals surface area contributed by atoms with Crippen molar-refractivity contribution in [2.24, 2.45) is 17.8 Å². The molecule has 4 aliphatic rings. The number of aliphatic hydroxyl groups is 10. The summed E-state index contributed by atoms with van der Waals surface area (Å²) in [5.74, 6) is -4.30. The van der Waals surface area contributed by atoms with Gasteiger partial charge in [0.1, 0.15) is 24.9 Å². The quantitative estimate of drug-likeness (QED) is 0.165. The lowest BCUT2D eigenvalue weighted by molar-refractivity contribution is -0.321. The number of carbonyl (C=O) groups is 2. The number of nitrogens with one attached hydrogen (secondary N) is 1. The van der Waals surface area contributed by atoms with Gasteiger partial charge in [0.25, 0.3) is 0 Å². The molecule has 6 rings (SSSR count). The number of hydrogen-bond donors (Lipinski definition) is 11. The molecule has 0 unspecified atom stereocenters. The number of fused-ring (bicyclic) bond motifs is 5. The zero-order chi connectivity index (χ0) is 59.5. The van der Waals surface area contributed by atoms with Crippen molar-refractivity contribution >= 4 is 12.1 Å². The lowest BCUT2D eigenvalue weighted by Crippen LogP contribution is -2.64. The van der Waals surface area contributed by atoms with Crippen LogP contribution in [0.2, 0.25) is 0 Å². The van der Waals surface area contributed by atoms with Crippen LogP contribution in [0.3, 0.4) is 0 Å². The van der Waals surface area contributed by atoms with Crippen molar-refractivity contribution < 1.29 is 89.1 Å². The van der Waals surface area contributed by atoms with Crippen LogP contribution in [-0.2, 0) is 33.2 Å². The fraction of sp³-hybridized carbons (Fsp3) is 0.556. The van der Waals surface area contributed by atoms with E-state index in [4.69, 9.17) is 28.4 Å². The molecule has 19 atom stereocenters. The first-order valence-electron chi connectivity index (χ1n) is 28.5. The summed E-state index contributed by atoms with van der Waals surface area (Å²) in [4.78, 5) is 26.3. The van der Waals surface area contributed by atoms with Crippen molar-refractivity contribution in [3.63, 3.8) is 0 Å². The molecule has 82 heavy (non-hydrogen) atoms.